The number of aliphatic hydroxyl groups excluding tert-OH is 1. The van der Waals surface area contributed by atoms with Gasteiger partial charge in [-0.15, -0.1) is 0 Å². The molecule has 13 heavy (non-hydrogen) atoms. The van der Waals surface area contributed by atoms with E-state index in [4.69, 9.17) is 5.11 Å². The highest BCUT2D eigenvalue weighted by atomic mass is 16.3. The van der Waals surface area contributed by atoms with E-state index in [1.54, 1.807) is 12.1 Å². The Morgan fingerprint density at radius 2 is 2.00 bits per heavy atom. The van der Waals surface area contributed by atoms with Gasteiger partial charge in [-0.3, -0.25) is 4.79 Å². The van der Waals surface area contributed by atoms with E-state index < -0.39 is 0 Å². The van der Waals surface area contributed by atoms with Gasteiger partial charge in [0, 0.05) is 12.1 Å². The van der Waals surface area contributed by atoms with Crippen LogP contribution in [0.15, 0.2) is 24.3 Å². The molecule has 0 aromatic heterocycles. The number of aliphatic hydroxyl groups is 1. The minimum Gasteiger partial charge on any atom is -0.395 e. The molecular weight excluding hydrogens is 166 g/mol. The lowest BCUT2D eigenvalue weighted by Crippen LogP contribution is -2.26. The van der Waals surface area contributed by atoms with Crippen molar-refractivity contribution in [3.05, 3.63) is 35.4 Å². The Balaban J connectivity index is 2.61. The maximum Gasteiger partial charge on any atom is 0.251 e. The smallest absolute Gasteiger partial charge is 0.251 e. The fraction of sp³-hybridized carbons (Fsp3) is 0.300. The molecule has 0 aliphatic heterocycles. The average molecular weight is 179 g/mol. The minimum absolute atomic E-state index is 0.0302. The predicted molar refractivity (Wildman–Crippen MR) is 50.6 cm³/mol. The first-order valence-corrected chi connectivity index (χ1v) is 4.20. The van der Waals surface area contributed by atoms with Crippen molar-refractivity contribution in [1.29, 1.82) is 0 Å². The first-order valence-electron chi connectivity index (χ1n) is 4.20. The molecule has 1 amide bonds. The lowest BCUT2D eigenvalue weighted by Gasteiger charge is -2.02. The van der Waals surface area contributed by atoms with E-state index in [-0.39, 0.29) is 12.5 Å². The van der Waals surface area contributed by atoms with Crippen molar-refractivity contribution in [2.75, 3.05) is 13.2 Å². The van der Waals surface area contributed by atoms with Gasteiger partial charge >= 0.3 is 0 Å². The fourth-order valence-electron chi connectivity index (χ4n) is 0.976. The Labute approximate surface area is 77.4 Å². The average Bonchev–Trinajstić information content (AvgIpc) is 2.15. The monoisotopic (exact) mass is 179 g/mol. The standard InChI is InChI=1S/C10H13NO2/c1-8-2-4-9(5-3-8)10(13)11-6-7-12/h2-5,12H,6-7H2,1H3,(H,11,13). The molecule has 0 unspecified atom stereocenters. The van der Waals surface area contributed by atoms with Crippen LogP contribution >= 0.6 is 0 Å². The van der Waals surface area contributed by atoms with Gasteiger partial charge in [-0.2, -0.15) is 0 Å². The highest BCUT2D eigenvalue weighted by Gasteiger charge is 2.02. The van der Waals surface area contributed by atoms with Crippen LogP contribution in [0.25, 0.3) is 0 Å². The number of nitrogens with one attached hydrogen (secondary N) is 1. The number of rotatable bonds is 3. The summed E-state index contributed by atoms with van der Waals surface area (Å²) >= 11 is 0. The predicted octanol–water partition coefficient (Wildman–Crippen LogP) is 0.717. The molecule has 2 N–H and O–H groups in total. The van der Waals surface area contributed by atoms with Crippen LogP contribution < -0.4 is 5.32 Å². The summed E-state index contributed by atoms with van der Waals surface area (Å²) in [5.41, 5.74) is 1.75. The topological polar surface area (TPSA) is 49.3 Å². The Hall–Kier alpha value is -1.35. The zero-order chi connectivity index (χ0) is 9.68. The molecule has 1 aromatic rings. The maximum atomic E-state index is 11.3. The van der Waals surface area contributed by atoms with Crippen LogP contribution in [0.2, 0.25) is 0 Å². The number of aryl methyl sites for hydroxylation is 1. The van der Waals surface area contributed by atoms with E-state index in [1.807, 2.05) is 19.1 Å². The molecule has 0 spiro atoms. The Bertz CT molecular complexity index is 279. The van der Waals surface area contributed by atoms with Crippen molar-refractivity contribution >= 4 is 5.91 Å². The number of benzene rings is 1. The quantitative estimate of drug-likeness (QED) is 0.718. The van der Waals surface area contributed by atoms with Crippen LogP contribution in [0, 0.1) is 6.92 Å². The van der Waals surface area contributed by atoms with Gasteiger partial charge in [0.25, 0.3) is 5.91 Å². The van der Waals surface area contributed by atoms with Gasteiger partial charge in [0.15, 0.2) is 0 Å². The fourth-order valence-corrected chi connectivity index (χ4v) is 0.976. The molecule has 0 radical (unpaired) electrons. The summed E-state index contributed by atoms with van der Waals surface area (Å²) in [7, 11) is 0. The molecule has 0 bridgehead atoms. The van der Waals surface area contributed by atoms with E-state index in [0.717, 1.165) is 5.56 Å². The van der Waals surface area contributed by atoms with Gasteiger partial charge in [0.1, 0.15) is 0 Å². The van der Waals surface area contributed by atoms with Gasteiger partial charge in [0.05, 0.1) is 6.61 Å². The first kappa shape index (κ1) is 9.74. The molecule has 0 saturated heterocycles. The van der Waals surface area contributed by atoms with Crippen molar-refractivity contribution < 1.29 is 9.90 Å². The number of hydrogen-bond acceptors (Lipinski definition) is 2. The lowest BCUT2D eigenvalue weighted by molar-refractivity contribution is 0.0945. The summed E-state index contributed by atoms with van der Waals surface area (Å²) in [4.78, 5) is 11.3. The van der Waals surface area contributed by atoms with Gasteiger partial charge in [-0.25, -0.2) is 0 Å². The summed E-state index contributed by atoms with van der Waals surface area (Å²) in [5, 5.41) is 11.1. The maximum absolute atomic E-state index is 11.3. The molecular formula is C10H13NO2. The number of carbonyl (C=O) groups excluding carboxylic acids is 1. The van der Waals surface area contributed by atoms with Crippen LogP contribution in [0.3, 0.4) is 0 Å². The lowest BCUT2D eigenvalue weighted by atomic mass is 10.1. The van der Waals surface area contributed by atoms with Crippen LogP contribution in [-0.4, -0.2) is 24.2 Å². The van der Waals surface area contributed by atoms with E-state index in [9.17, 15) is 4.79 Å². The molecule has 1 rings (SSSR count). The normalized spacial score (nSPS) is 9.69. The van der Waals surface area contributed by atoms with E-state index in [0.29, 0.717) is 12.1 Å². The number of carbonyl (C=O) groups is 1. The molecule has 0 atom stereocenters. The molecule has 0 aliphatic carbocycles. The third-order valence-corrected chi connectivity index (χ3v) is 1.71. The van der Waals surface area contributed by atoms with Crippen molar-refractivity contribution in [2.24, 2.45) is 0 Å². The Kier molecular flexibility index (Phi) is 3.46. The first-order chi connectivity index (χ1) is 6.24. The number of amides is 1. The van der Waals surface area contributed by atoms with Crippen molar-refractivity contribution in [3.63, 3.8) is 0 Å². The second kappa shape index (κ2) is 4.62. The van der Waals surface area contributed by atoms with Crippen LogP contribution in [0.5, 0.6) is 0 Å². The second-order valence-electron chi connectivity index (χ2n) is 2.85. The number of hydrogen-bond donors (Lipinski definition) is 2. The van der Waals surface area contributed by atoms with Crippen molar-refractivity contribution in [2.45, 2.75) is 6.92 Å². The van der Waals surface area contributed by atoms with Crippen molar-refractivity contribution in [3.8, 4) is 0 Å². The summed E-state index contributed by atoms with van der Waals surface area (Å²) in [5.74, 6) is -0.144. The van der Waals surface area contributed by atoms with Crippen LogP contribution in [0.1, 0.15) is 15.9 Å². The van der Waals surface area contributed by atoms with Crippen LogP contribution in [0.4, 0.5) is 0 Å². The van der Waals surface area contributed by atoms with E-state index >= 15 is 0 Å². The van der Waals surface area contributed by atoms with Gasteiger partial charge in [-0.05, 0) is 19.1 Å². The van der Waals surface area contributed by atoms with Gasteiger partial charge in [-0.1, -0.05) is 17.7 Å². The second-order valence-corrected chi connectivity index (χ2v) is 2.85. The molecule has 3 heteroatoms. The summed E-state index contributed by atoms with van der Waals surface area (Å²) in [6.07, 6.45) is 0. The Morgan fingerprint density at radius 1 is 1.38 bits per heavy atom. The summed E-state index contributed by atoms with van der Waals surface area (Å²) in [6.45, 7) is 2.24. The highest BCUT2D eigenvalue weighted by Crippen LogP contribution is 2.02. The summed E-state index contributed by atoms with van der Waals surface area (Å²) in [6, 6.07) is 7.30. The van der Waals surface area contributed by atoms with E-state index in [1.165, 1.54) is 0 Å². The molecule has 3 nitrogen and oxygen atoms in total. The summed E-state index contributed by atoms with van der Waals surface area (Å²) < 4.78 is 0. The van der Waals surface area contributed by atoms with Gasteiger partial charge in [0.2, 0.25) is 0 Å². The third kappa shape index (κ3) is 2.87. The zero-order valence-corrected chi connectivity index (χ0v) is 7.58. The van der Waals surface area contributed by atoms with Crippen LogP contribution in [-0.2, 0) is 0 Å². The molecule has 0 fully saturated rings. The molecule has 0 heterocycles. The molecule has 0 aliphatic rings. The third-order valence-electron chi connectivity index (χ3n) is 1.71. The Morgan fingerprint density at radius 3 is 2.54 bits per heavy atom. The largest absolute Gasteiger partial charge is 0.395 e. The van der Waals surface area contributed by atoms with Crippen molar-refractivity contribution in [1.82, 2.24) is 5.32 Å². The van der Waals surface area contributed by atoms with E-state index in [2.05, 4.69) is 5.32 Å². The highest BCUT2D eigenvalue weighted by molar-refractivity contribution is 5.94. The molecule has 1 aromatic carbocycles. The SMILES string of the molecule is Cc1ccc(C(=O)NCCO)cc1. The minimum atomic E-state index is -0.144. The molecule has 70 valence electrons. The van der Waals surface area contributed by atoms with Gasteiger partial charge < -0.3 is 10.4 Å². The zero-order valence-electron chi connectivity index (χ0n) is 7.58. The molecule has 0 saturated carbocycles.